The Labute approximate surface area is 163 Å². The summed E-state index contributed by atoms with van der Waals surface area (Å²) >= 11 is 0. The molecule has 138 valence electrons. The predicted octanol–water partition coefficient (Wildman–Crippen LogP) is 4.10. The molecule has 5 rings (SSSR count). The average Bonchev–Trinajstić information content (AvgIpc) is 3.38. The van der Waals surface area contributed by atoms with Crippen LogP contribution in [0.4, 0.5) is 0 Å². The molecule has 7 heteroatoms. The lowest BCUT2D eigenvalue weighted by atomic mass is 10.0. The molecule has 2 aromatic heterocycles. The molecule has 3 heterocycles. The van der Waals surface area contributed by atoms with Crippen LogP contribution in [0.2, 0.25) is 0 Å². The van der Waals surface area contributed by atoms with Crippen molar-refractivity contribution in [2.45, 2.75) is 18.9 Å². The quantitative estimate of drug-likeness (QED) is 0.578. The summed E-state index contributed by atoms with van der Waals surface area (Å²) in [6.07, 6.45) is 4.31. The Morgan fingerprint density at radius 3 is 2.85 bits per heavy atom. The van der Waals surface area contributed by atoms with Gasteiger partial charge in [-0.15, -0.1) is 12.4 Å². The molecule has 1 N–H and O–H groups in total. The summed E-state index contributed by atoms with van der Waals surface area (Å²) in [5.74, 6) is 1.04. The van der Waals surface area contributed by atoms with Gasteiger partial charge in [0.05, 0.1) is 6.04 Å². The van der Waals surface area contributed by atoms with Crippen LogP contribution in [0.3, 0.4) is 0 Å². The minimum atomic E-state index is 0. The molecule has 1 saturated heterocycles. The molecular formula is C20H20ClN5O. The van der Waals surface area contributed by atoms with E-state index in [-0.39, 0.29) is 12.4 Å². The Hall–Kier alpha value is -2.70. The molecule has 0 bridgehead atoms. The van der Waals surface area contributed by atoms with E-state index in [1.165, 1.54) is 6.42 Å². The van der Waals surface area contributed by atoms with E-state index in [1.807, 2.05) is 41.2 Å². The van der Waals surface area contributed by atoms with Crippen molar-refractivity contribution in [2.24, 2.45) is 0 Å². The number of benzene rings is 2. The van der Waals surface area contributed by atoms with Crippen LogP contribution in [0.25, 0.3) is 33.7 Å². The number of fused-ring (bicyclic) bond motifs is 1. The first kappa shape index (κ1) is 17.7. The van der Waals surface area contributed by atoms with Gasteiger partial charge in [-0.25, -0.2) is 0 Å². The SMILES string of the molecule is Cl.c1ccc2c(-c3noc(-c4ccn(C5CCCNC5)n4)n3)cccc2c1. The smallest absolute Gasteiger partial charge is 0.278 e. The highest BCUT2D eigenvalue weighted by molar-refractivity contribution is 5.95. The molecular weight excluding hydrogens is 362 g/mol. The van der Waals surface area contributed by atoms with Gasteiger partial charge in [-0.3, -0.25) is 4.68 Å². The van der Waals surface area contributed by atoms with Gasteiger partial charge in [0.2, 0.25) is 5.82 Å². The van der Waals surface area contributed by atoms with E-state index >= 15 is 0 Å². The van der Waals surface area contributed by atoms with Gasteiger partial charge >= 0.3 is 0 Å². The lowest BCUT2D eigenvalue weighted by Gasteiger charge is -2.22. The van der Waals surface area contributed by atoms with E-state index < -0.39 is 0 Å². The van der Waals surface area contributed by atoms with E-state index in [4.69, 9.17) is 4.52 Å². The Kier molecular flexibility index (Phi) is 4.92. The van der Waals surface area contributed by atoms with Crippen LogP contribution < -0.4 is 5.32 Å². The largest absolute Gasteiger partial charge is 0.332 e. The molecule has 1 atom stereocenters. The second-order valence-electron chi connectivity index (χ2n) is 6.63. The molecule has 1 aliphatic heterocycles. The number of nitrogens with zero attached hydrogens (tertiary/aromatic N) is 4. The van der Waals surface area contributed by atoms with Gasteiger partial charge in [0.1, 0.15) is 0 Å². The second-order valence-corrected chi connectivity index (χ2v) is 6.63. The molecule has 4 aromatic rings. The summed E-state index contributed by atoms with van der Waals surface area (Å²) in [6, 6.07) is 16.6. The summed E-state index contributed by atoms with van der Waals surface area (Å²) < 4.78 is 7.51. The molecule has 0 spiro atoms. The van der Waals surface area contributed by atoms with E-state index in [2.05, 4.69) is 38.8 Å². The van der Waals surface area contributed by atoms with Gasteiger partial charge in [0.25, 0.3) is 5.89 Å². The van der Waals surface area contributed by atoms with Crippen LogP contribution in [0.15, 0.2) is 59.3 Å². The standard InChI is InChI=1S/C20H19N5O.ClH/c1-2-8-16-14(5-1)6-3-9-17(16)19-22-20(26-24-19)18-10-12-25(23-18)15-7-4-11-21-13-15;/h1-3,5-6,8-10,12,15,21H,4,7,11,13H2;1H. The normalized spacial score (nSPS) is 17.0. The second kappa shape index (κ2) is 7.50. The maximum absolute atomic E-state index is 5.50. The van der Waals surface area contributed by atoms with Crippen molar-refractivity contribution in [3.63, 3.8) is 0 Å². The number of piperidine rings is 1. The van der Waals surface area contributed by atoms with Crippen molar-refractivity contribution in [3.8, 4) is 23.0 Å². The first-order valence-corrected chi connectivity index (χ1v) is 8.96. The van der Waals surface area contributed by atoms with Crippen molar-refractivity contribution in [2.75, 3.05) is 13.1 Å². The molecule has 2 aromatic carbocycles. The number of hydrogen-bond donors (Lipinski definition) is 1. The van der Waals surface area contributed by atoms with Gasteiger partial charge < -0.3 is 9.84 Å². The van der Waals surface area contributed by atoms with Crippen molar-refractivity contribution in [1.29, 1.82) is 0 Å². The predicted molar refractivity (Wildman–Crippen MR) is 107 cm³/mol. The van der Waals surface area contributed by atoms with E-state index in [1.54, 1.807) is 0 Å². The zero-order chi connectivity index (χ0) is 17.3. The lowest BCUT2D eigenvalue weighted by Crippen LogP contribution is -2.31. The van der Waals surface area contributed by atoms with Gasteiger partial charge in [-0.1, -0.05) is 47.6 Å². The lowest BCUT2D eigenvalue weighted by molar-refractivity contribution is 0.346. The Bertz CT molecular complexity index is 1050. The third-order valence-electron chi connectivity index (χ3n) is 4.93. The fraction of sp³-hybridized carbons (Fsp3) is 0.250. The number of halogens is 1. The van der Waals surface area contributed by atoms with Crippen LogP contribution in [-0.4, -0.2) is 33.0 Å². The third-order valence-corrected chi connectivity index (χ3v) is 4.93. The summed E-state index contributed by atoms with van der Waals surface area (Å²) in [5.41, 5.74) is 1.68. The Morgan fingerprint density at radius 2 is 1.96 bits per heavy atom. The van der Waals surface area contributed by atoms with Crippen LogP contribution in [0.1, 0.15) is 18.9 Å². The van der Waals surface area contributed by atoms with E-state index in [9.17, 15) is 0 Å². The van der Waals surface area contributed by atoms with E-state index in [0.717, 1.165) is 41.5 Å². The monoisotopic (exact) mass is 381 g/mol. The molecule has 0 aliphatic carbocycles. The Balaban J connectivity index is 0.00000180. The molecule has 27 heavy (non-hydrogen) atoms. The topological polar surface area (TPSA) is 68.8 Å². The summed E-state index contributed by atoms with van der Waals surface area (Å²) in [7, 11) is 0. The van der Waals surface area contributed by atoms with Crippen LogP contribution in [0.5, 0.6) is 0 Å². The number of nitrogens with one attached hydrogen (secondary N) is 1. The summed E-state index contributed by atoms with van der Waals surface area (Å²) in [5, 5.41) is 14.5. The summed E-state index contributed by atoms with van der Waals surface area (Å²) in [4.78, 5) is 4.59. The van der Waals surface area contributed by atoms with Crippen LogP contribution in [-0.2, 0) is 0 Å². The van der Waals surface area contributed by atoms with Crippen LogP contribution in [0, 0.1) is 0 Å². The number of hydrogen-bond acceptors (Lipinski definition) is 5. The van der Waals surface area contributed by atoms with Crippen LogP contribution >= 0.6 is 12.4 Å². The average molecular weight is 382 g/mol. The highest BCUT2D eigenvalue weighted by Crippen LogP contribution is 2.28. The van der Waals surface area contributed by atoms with E-state index in [0.29, 0.717) is 17.8 Å². The Morgan fingerprint density at radius 1 is 1.07 bits per heavy atom. The molecule has 0 radical (unpaired) electrons. The highest BCUT2D eigenvalue weighted by Gasteiger charge is 2.19. The maximum atomic E-state index is 5.50. The molecule has 6 nitrogen and oxygen atoms in total. The molecule has 0 amide bonds. The van der Waals surface area contributed by atoms with Crippen molar-refractivity contribution in [1.82, 2.24) is 25.2 Å². The number of aromatic nitrogens is 4. The van der Waals surface area contributed by atoms with Crippen molar-refractivity contribution >= 4 is 23.2 Å². The zero-order valence-electron chi connectivity index (χ0n) is 14.7. The fourth-order valence-electron chi connectivity index (χ4n) is 3.57. The molecule has 1 fully saturated rings. The molecule has 0 saturated carbocycles. The maximum Gasteiger partial charge on any atom is 0.278 e. The first-order valence-electron chi connectivity index (χ1n) is 8.96. The van der Waals surface area contributed by atoms with Gasteiger partial charge in [-0.05, 0) is 36.2 Å². The fourth-order valence-corrected chi connectivity index (χ4v) is 3.57. The van der Waals surface area contributed by atoms with Crippen molar-refractivity contribution in [3.05, 3.63) is 54.7 Å². The molecule has 1 aliphatic rings. The minimum absolute atomic E-state index is 0. The van der Waals surface area contributed by atoms with Gasteiger partial charge in [-0.2, -0.15) is 10.1 Å². The van der Waals surface area contributed by atoms with Gasteiger partial charge in [0, 0.05) is 18.3 Å². The number of rotatable bonds is 3. The minimum Gasteiger partial charge on any atom is -0.332 e. The van der Waals surface area contributed by atoms with Crippen molar-refractivity contribution < 1.29 is 4.52 Å². The van der Waals surface area contributed by atoms with Gasteiger partial charge in [0.15, 0.2) is 5.69 Å². The zero-order valence-corrected chi connectivity index (χ0v) is 15.5. The molecule has 1 unspecified atom stereocenters. The third kappa shape index (κ3) is 3.34. The highest BCUT2D eigenvalue weighted by atomic mass is 35.5. The first-order chi connectivity index (χ1) is 12.9. The summed E-state index contributed by atoms with van der Waals surface area (Å²) in [6.45, 7) is 2.04.